The van der Waals surface area contributed by atoms with Crippen molar-refractivity contribution >= 4 is 27.5 Å². The van der Waals surface area contributed by atoms with Gasteiger partial charge in [0.25, 0.3) is 0 Å². The first-order valence-electron chi connectivity index (χ1n) is 9.79. The third-order valence-corrected chi connectivity index (χ3v) is 7.20. The number of para-hydroxylation sites is 1. The molecule has 1 heterocycles. The molecular weight excluding hydrogens is 406 g/mol. The van der Waals surface area contributed by atoms with Gasteiger partial charge in [0.2, 0.25) is 10.0 Å². The summed E-state index contributed by atoms with van der Waals surface area (Å²) in [5, 5.41) is 15.8. The highest BCUT2D eigenvalue weighted by atomic mass is 32.2. The molecule has 1 unspecified atom stereocenters. The van der Waals surface area contributed by atoms with E-state index in [1.54, 1.807) is 18.4 Å². The molecule has 1 saturated heterocycles. The summed E-state index contributed by atoms with van der Waals surface area (Å²) < 4.78 is 23.6. The SMILES string of the molecule is CSc1ccc(C(O)CCCN2CCN(c3ccccc3)CC2)cc1S(N)(=O)=O. The number of hydrogen-bond donors (Lipinski definition) is 2. The topological polar surface area (TPSA) is 86.9 Å². The average Bonchev–Trinajstić information content (AvgIpc) is 2.73. The maximum absolute atomic E-state index is 11.8. The van der Waals surface area contributed by atoms with Crippen molar-refractivity contribution in [2.24, 2.45) is 5.14 Å². The van der Waals surface area contributed by atoms with Crippen molar-refractivity contribution in [2.75, 3.05) is 43.9 Å². The van der Waals surface area contributed by atoms with Crippen LogP contribution in [-0.4, -0.2) is 57.4 Å². The Balaban J connectivity index is 1.49. The maximum atomic E-state index is 11.8. The second-order valence-corrected chi connectivity index (χ2v) is 9.66. The van der Waals surface area contributed by atoms with Gasteiger partial charge in [0.05, 0.1) is 11.0 Å². The van der Waals surface area contributed by atoms with E-state index in [-0.39, 0.29) is 4.90 Å². The zero-order valence-corrected chi connectivity index (χ0v) is 18.3. The molecule has 8 heteroatoms. The Morgan fingerprint density at radius 3 is 2.41 bits per heavy atom. The second-order valence-electron chi connectivity index (χ2n) is 7.28. The molecule has 1 atom stereocenters. The molecule has 3 rings (SSSR count). The summed E-state index contributed by atoms with van der Waals surface area (Å²) in [4.78, 5) is 5.49. The molecule has 2 aromatic rings. The van der Waals surface area contributed by atoms with Crippen molar-refractivity contribution in [3.63, 3.8) is 0 Å². The molecule has 1 aliphatic rings. The van der Waals surface area contributed by atoms with Gasteiger partial charge in [0.15, 0.2) is 0 Å². The molecule has 0 saturated carbocycles. The van der Waals surface area contributed by atoms with Gasteiger partial charge >= 0.3 is 0 Å². The number of nitrogens with two attached hydrogens (primary N) is 1. The third kappa shape index (κ3) is 5.96. The largest absolute Gasteiger partial charge is 0.388 e. The van der Waals surface area contributed by atoms with E-state index in [1.807, 2.05) is 6.07 Å². The van der Waals surface area contributed by atoms with Crippen LogP contribution in [0.2, 0.25) is 0 Å². The van der Waals surface area contributed by atoms with Gasteiger partial charge in [0.1, 0.15) is 0 Å². The van der Waals surface area contributed by atoms with Gasteiger partial charge in [-0.1, -0.05) is 24.3 Å². The summed E-state index contributed by atoms with van der Waals surface area (Å²) in [5.74, 6) is 0. The lowest BCUT2D eigenvalue weighted by Crippen LogP contribution is -2.46. The van der Waals surface area contributed by atoms with Crippen molar-refractivity contribution in [3.05, 3.63) is 54.1 Å². The number of primary sulfonamides is 1. The smallest absolute Gasteiger partial charge is 0.239 e. The van der Waals surface area contributed by atoms with E-state index in [1.165, 1.54) is 23.5 Å². The zero-order valence-electron chi connectivity index (χ0n) is 16.7. The van der Waals surface area contributed by atoms with Crippen LogP contribution in [0.5, 0.6) is 0 Å². The van der Waals surface area contributed by atoms with Crippen LogP contribution >= 0.6 is 11.8 Å². The Morgan fingerprint density at radius 1 is 1.10 bits per heavy atom. The highest BCUT2D eigenvalue weighted by Crippen LogP contribution is 2.29. The predicted octanol–water partition coefficient (Wildman–Crippen LogP) is 2.69. The van der Waals surface area contributed by atoms with E-state index in [4.69, 9.17) is 5.14 Å². The lowest BCUT2D eigenvalue weighted by Gasteiger charge is -2.36. The van der Waals surface area contributed by atoms with Gasteiger partial charge in [-0.25, -0.2) is 13.6 Å². The summed E-state index contributed by atoms with van der Waals surface area (Å²) in [6.45, 7) is 4.93. The van der Waals surface area contributed by atoms with Crippen LogP contribution in [0, 0.1) is 0 Å². The number of aliphatic hydroxyl groups is 1. The van der Waals surface area contributed by atoms with Crippen molar-refractivity contribution in [3.8, 4) is 0 Å². The number of hydrogen-bond acceptors (Lipinski definition) is 6. The van der Waals surface area contributed by atoms with Gasteiger partial charge in [-0.2, -0.15) is 0 Å². The Labute approximate surface area is 177 Å². The van der Waals surface area contributed by atoms with Crippen molar-refractivity contribution in [2.45, 2.75) is 28.7 Å². The molecule has 0 amide bonds. The molecular formula is C21H29N3O3S2. The second kappa shape index (κ2) is 9.95. The molecule has 1 fully saturated rings. The quantitative estimate of drug-likeness (QED) is 0.620. The number of anilines is 1. The minimum Gasteiger partial charge on any atom is -0.388 e. The third-order valence-electron chi connectivity index (χ3n) is 5.32. The summed E-state index contributed by atoms with van der Waals surface area (Å²) in [5.41, 5.74) is 1.86. The molecule has 0 spiro atoms. The summed E-state index contributed by atoms with van der Waals surface area (Å²) >= 11 is 1.33. The summed E-state index contributed by atoms with van der Waals surface area (Å²) in [6, 6.07) is 15.5. The molecule has 2 aromatic carbocycles. The van der Waals surface area contributed by atoms with E-state index in [0.29, 0.717) is 16.9 Å². The van der Waals surface area contributed by atoms with Gasteiger partial charge < -0.3 is 10.0 Å². The van der Waals surface area contributed by atoms with Crippen LogP contribution in [0.1, 0.15) is 24.5 Å². The summed E-state index contributed by atoms with van der Waals surface area (Å²) in [6.07, 6.45) is 2.54. The summed E-state index contributed by atoms with van der Waals surface area (Å²) in [7, 11) is -3.81. The molecule has 1 aliphatic heterocycles. The van der Waals surface area contributed by atoms with Gasteiger partial charge in [-0.3, -0.25) is 4.90 Å². The van der Waals surface area contributed by atoms with Gasteiger partial charge in [0, 0.05) is 36.8 Å². The average molecular weight is 436 g/mol. The van der Waals surface area contributed by atoms with E-state index in [9.17, 15) is 13.5 Å². The van der Waals surface area contributed by atoms with Gasteiger partial charge in [-0.05, 0) is 55.5 Å². The Bertz CT molecular complexity index is 899. The van der Waals surface area contributed by atoms with Crippen LogP contribution in [0.4, 0.5) is 5.69 Å². The minimum atomic E-state index is -3.81. The number of piperazine rings is 1. The molecule has 158 valence electrons. The fourth-order valence-electron chi connectivity index (χ4n) is 3.67. The highest BCUT2D eigenvalue weighted by Gasteiger charge is 2.19. The van der Waals surface area contributed by atoms with E-state index >= 15 is 0 Å². The first-order chi connectivity index (χ1) is 13.9. The fraction of sp³-hybridized carbons (Fsp3) is 0.429. The number of thioether (sulfide) groups is 1. The van der Waals surface area contributed by atoms with Gasteiger partial charge in [-0.15, -0.1) is 11.8 Å². The zero-order chi connectivity index (χ0) is 20.9. The number of rotatable bonds is 8. The highest BCUT2D eigenvalue weighted by molar-refractivity contribution is 7.99. The number of nitrogens with zero attached hydrogens (tertiary/aromatic N) is 2. The molecule has 0 aliphatic carbocycles. The van der Waals surface area contributed by atoms with Crippen LogP contribution in [0.25, 0.3) is 0 Å². The molecule has 29 heavy (non-hydrogen) atoms. The van der Waals surface area contributed by atoms with Crippen LogP contribution in [0.15, 0.2) is 58.3 Å². The minimum absolute atomic E-state index is 0.0820. The van der Waals surface area contributed by atoms with E-state index in [2.05, 4.69) is 34.1 Å². The lowest BCUT2D eigenvalue weighted by molar-refractivity contribution is 0.153. The van der Waals surface area contributed by atoms with Crippen LogP contribution < -0.4 is 10.0 Å². The van der Waals surface area contributed by atoms with Crippen molar-refractivity contribution in [1.82, 2.24) is 4.90 Å². The Morgan fingerprint density at radius 2 is 1.79 bits per heavy atom. The first kappa shape index (κ1) is 22.1. The number of sulfonamides is 1. The molecule has 6 nitrogen and oxygen atoms in total. The van der Waals surface area contributed by atoms with E-state index < -0.39 is 16.1 Å². The standard InChI is InChI=1S/C21H29N3O3S2/c1-28-20-10-9-17(16-21(20)29(22,26)27)19(25)8-5-11-23-12-14-24(15-13-23)18-6-3-2-4-7-18/h2-4,6-7,9-10,16,19,25H,5,8,11-15H2,1H3,(H2,22,26,27). The number of aliphatic hydroxyl groups excluding tert-OH is 1. The maximum Gasteiger partial charge on any atom is 0.239 e. The number of benzene rings is 2. The van der Waals surface area contributed by atoms with E-state index in [0.717, 1.165) is 39.1 Å². The molecule has 3 N–H and O–H groups in total. The monoisotopic (exact) mass is 435 g/mol. The van der Waals surface area contributed by atoms with Crippen LogP contribution in [0.3, 0.4) is 0 Å². The first-order valence-corrected chi connectivity index (χ1v) is 12.6. The molecule has 0 aromatic heterocycles. The Kier molecular flexibility index (Phi) is 7.59. The predicted molar refractivity (Wildman–Crippen MR) is 119 cm³/mol. The Hall–Kier alpha value is -1.58. The fourth-order valence-corrected chi connectivity index (χ4v) is 5.38. The van der Waals surface area contributed by atoms with Crippen LogP contribution in [-0.2, 0) is 10.0 Å². The normalized spacial score (nSPS) is 16.7. The molecule has 0 bridgehead atoms. The van der Waals surface area contributed by atoms with Crippen molar-refractivity contribution in [1.29, 1.82) is 0 Å². The lowest BCUT2D eigenvalue weighted by atomic mass is 10.0. The van der Waals surface area contributed by atoms with Crippen molar-refractivity contribution < 1.29 is 13.5 Å². The molecule has 0 radical (unpaired) electrons.